The van der Waals surface area contributed by atoms with Gasteiger partial charge in [0.15, 0.2) is 5.78 Å². The van der Waals surface area contributed by atoms with E-state index in [-0.39, 0.29) is 18.1 Å². The Kier molecular flexibility index (Phi) is 3.97. The van der Waals surface area contributed by atoms with Crippen molar-refractivity contribution in [3.05, 3.63) is 23.3 Å². The average molecular weight is 346 g/mol. The topological polar surface area (TPSA) is 51.4 Å². The maximum absolute atomic E-state index is 12.6. The van der Waals surface area contributed by atoms with Crippen LogP contribution in [0, 0.1) is 5.92 Å². The number of halogens is 3. The summed E-state index contributed by atoms with van der Waals surface area (Å²) < 4.78 is 54.7. The second-order valence-corrected chi connectivity index (χ2v) is 6.95. The first-order valence-corrected chi connectivity index (χ1v) is 7.87. The number of methoxy groups -OCH3 is 1. The first kappa shape index (κ1) is 17.6. The highest BCUT2D eigenvalue weighted by Crippen LogP contribution is 2.59. The van der Waals surface area contributed by atoms with E-state index < -0.39 is 35.2 Å². The van der Waals surface area contributed by atoms with Crippen LogP contribution < -0.4 is 0 Å². The molecule has 3 rings (SSSR count). The van der Waals surface area contributed by atoms with E-state index in [9.17, 15) is 18.0 Å². The summed E-state index contributed by atoms with van der Waals surface area (Å²) in [5, 5.41) is 0. The lowest BCUT2D eigenvalue weighted by Crippen LogP contribution is -2.52. The van der Waals surface area contributed by atoms with Crippen molar-refractivity contribution in [1.82, 2.24) is 0 Å². The molecule has 0 radical (unpaired) electrons. The number of ketones is 1. The molecule has 0 aromatic carbocycles. The van der Waals surface area contributed by atoms with Crippen molar-refractivity contribution in [3.8, 4) is 0 Å². The number of hydrogen-bond acceptors (Lipinski definition) is 4. The summed E-state index contributed by atoms with van der Waals surface area (Å²) in [4.78, 5) is 12.3. The second kappa shape index (κ2) is 5.41. The lowest BCUT2D eigenvalue weighted by atomic mass is 9.69. The third kappa shape index (κ3) is 2.62. The Labute approximate surface area is 138 Å². The molecule has 2 fully saturated rings. The van der Waals surface area contributed by atoms with Crippen molar-refractivity contribution in [3.63, 3.8) is 0 Å². The van der Waals surface area contributed by atoms with Crippen LogP contribution in [0.4, 0.5) is 13.2 Å². The van der Waals surface area contributed by atoms with Gasteiger partial charge in [-0.15, -0.1) is 0 Å². The van der Waals surface area contributed by atoms with E-state index in [1.54, 1.807) is 0 Å². The minimum Gasteiger partial charge on any atom is -0.373 e. The van der Waals surface area contributed by atoms with Gasteiger partial charge in [0.25, 0.3) is 0 Å². The lowest BCUT2D eigenvalue weighted by Gasteiger charge is -2.36. The van der Waals surface area contributed by atoms with Gasteiger partial charge in [-0.3, -0.25) is 4.79 Å². The van der Waals surface area contributed by atoms with Crippen LogP contribution in [-0.4, -0.2) is 49.1 Å². The van der Waals surface area contributed by atoms with E-state index in [2.05, 4.69) is 0 Å². The van der Waals surface area contributed by atoms with Crippen LogP contribution in [-0.2, 0) is 19.0 Å². The quantitative estimate of drug-likeness (QED) is 0.580. The maximum atomic E-state index is 12.6. The first-order valence-electron chi connectivity index (χ1n) is 7.87. The zero-order valence-corrected chi connectivity index (χ0v) is 14.1. The van der Waals surface area contributed by atoms with Crippen molar-refractivity contribution in [1.29, 1.82) is 0 Å². The zero-order chi connectivity index (χ0) is 17.9. The Morgan fingerprint density at radius 1 is 1.50 bits per heavy atom. The van der Waals surface area contributed by atoms with Crippen LogP contribution in [0.1, 0.15) is 27.2 Å². The van der Waals surface area contributed by atoms with Gasteiger partial charge in [-0.25, -0.2) is 0 Å². The number of epoxide rings is 2. The molecule has 5 unspecified atom stereocenters. The van der Waals surface area contributed by atoms with Crippen LogP contribution >= 0.6 is 0 Å². The fourth-order valence-electron chi connectivity index (χ4n) is 3.80. The third-order valence-electron chi connectivity index (χ3n) is 5.50. The number of allylic oxidation sites excluding steroid dienone is 1. The molecule has 0 saturated carbocycles. The number of carbonyl (C=O) groups excluding carboxylic acids is 1. The van der Waals surface area contributed by atoms with E-state index >= 15 is 0 Å². The van der Waals surface area contributed by atoms with Crippen molar-refractivity contribution in [2.45, 2.75) is 56.8 Å². The Morgan fingerprint density at radius 2 is 2.12 bits per heavy atom. The normalized spacial score (nSPS) is 42.3. The molecule has 0 aromatic rings. The molecule has 1 aliphatic carbocycles. The number of ether oxygens (including phenoxy) is 3. The summed E-state index contributed by atoms with van der Waals surface area (Å²) in [7, 11) is 1.45. The molecule has 0 amide bonds. The molecule has 0 N–H and O–H groups in total. The first-order chi connectivity index (χ1) is 11.1. The Bertz CT molecular complexity index is 618. The highest BCUT2D eigenvalue weighted by atomic mass is 19.4. The molecule has 0 bridgehead atoms. The smallest absolute Gasteiger partial charge is 0.373 e. The number of hydrogen-bond donors (Lipinski definition) is 0. The predicted octanol–water partition coefficient (Wildman–Crippen LogP) is 2.97. The molecule has 4 nitrogen and oxygen atoms in total. The summed E-state index contributed by atoms with van der Waals surface area (Å²) in [5.74, 6) is -0.518. The number of rotatable bonds is 4. The molecule has 5 atom stereocenters. The van der Waals surface area contributed by atoms with Gasteiger partial charge < -0.3 is 14.2 Å². The maximum Gasteiger partial charge on any atom is 0.412 e. The summed E-state index contributed by atoms with van der Waals surface area (Å²) in [6, 6.07) is 0. The summed E-state index contributed by atoms with van der Waals surface area (Å²) in [6.07, 6.45) is -2.61. The lowest BCUT2D eigenvalue weighted by molar-refractivity contribution is -0.132. The molecule has 2 heterocycles. The van der Waals surface area contributed by atoms with Gasteiger partial charge in [-0.2, -0.15) is 13.2 Å². The molecule has 7 heteroatoms. The molecule has 2 saturated heterocycles. The third-order valence-corrected chi connectivity index (χ3v) is 5.50. The fourth-order valence-corrected chi connectivity index (χ4v) is 3.80. The van der Waals surface area contributed by atoms with Crippen molar-refractivity contribution in [2.24, 2.45) is 5.92 Å². The minimum absolute atomic E-state index is 0.141. The van der Waals surface area contributed by atoms with Crippen LogP contribution in [0.2, 0.25) is 0 Å². The van der Waals surface area contributed by atoms with Gasteiger partial charge in [0.05, 0.1) is 18.6 Å². The molecule has 3 aliphatic rings. The monoisotopic (exact) mass is 346 g/mol. The molecule has 24 heavy (non-hydrogen) atoms. The fraction of sp³-hybridized carbons (Fsp3) is 0.706. The minimum atomic E-state index is -4.33. The van der Waals surface area contributed by atoms with Gasteiger partial charge in [0, 0.05) is 12.7 Å². The predicted molar refractivity (Wildman–Crippen MR) is 79.4 cm³/mol. The Balaban J connectivity index is 1.81. The van der Waals surface area contributed by atoms with E-state index in [0.29, 0.717) is 6.61 Å². The van der Waals surface area contributed by atoms with Crippen LogP contribution in [0.3, 0.4) is 0 Å². The molecule has 1 spiro atoms. The highest BCUT2D eigenvalue weighted by molar-refractivity contribution is 5.96. The van der Waals surface area contributed by atoms with Gasteiger partial charge in [-0.05, 0) is 38.8 Å². The number of alkyl halides is 3. The highest BCUT2D eigenvalue weighted by Gasteiger charge is 2.72. The molecule has 2 aliphatic heterocycles. The SMILES string of the molecule is COC1C(=O)C=C(C)C2(CO2)C1C1(C)OC1CC=C(C)C(F)(F)F. The van der Waals surface area contributed by atoms with Crippen LogP contribution in [0.15, 0.2) is 23.3 Å². The zero-order valence-electron chi connectivity index (χ0n) is 14.1. The van der Waals surface area contributed by atoms with Gasteiger partial charge in [0.1, 0.15) is 17.3 Å². The molecule has 0 aromatic heterocycles. The number of carbonyl (C=O) groups is 1. The van der Waals surface area contributed by atoms with E-state index in [0.717, 1.165) is 18.6 Å². The van der Waals surface area contributed by atoms with E-state index in [1.165, 1.54) is 13.2 Å². The summed E-state index contributed by atoms with van der Waals surface area (Å²) >= 11 is 0. The van der Waals surface area contributed by atoms with Gasteiger partial charge in [-0.1, -0.05) is 6.08 Å². The molecular formula is C17H21F3O4. The van der Waals surface area contributed by atoms with Crippen molar-refractivity contribution >= 4 is 5.78 Å². The molecule has 134 valence electrons. The van der Waals surface area contributed by atoms with E-state index in [4.69, 9.17) is 14.2 Å². The standard InChI is InChI=1S/C17H21F3O4/c1-9(17(18,19)20)5-6-12-15(3,24-12)14-13(22-4)11(21)7-10(2)16(14)8-23-16/h5,7,12-14H,6,8H2,1-4H3. The van der Waals surface area contributed by atoms with E-state index in [1.807, 2.05) is 13.8 Å². The van der Waals surface area contributed by atoms with Crippen molar-refractivity contribution in [2.75, 3.05) is 13.7 Å². The largest absolute Gasteiger partial charge is 0.412 e. The Morgan fingerprint density at radius 3 is 2.62 bits per heavy atom. The van der Waals surface area contributed by atoms with Crippen LogP contribution in [0.25, 0.3) is 0 Å². The summed E-state index contributed by atoms with van der Waals surface area (Å²) in [6.45, 7) is 5.16. The Hall–Kier alpha value is -1.18. The van der Waals surface area contributed by atoms with Gasteiger partial charge in [0.2, 0.25) is 0 Å². The van der Waals surface area contributed by atoms with Crippen LogP contribution in [0.5, 0.6) is 0 Å². The molecular weight excluding hydrogens is 325 g/mol. The van der Waals surface area contributed by atoms with Crippen molar-refractivity contribution < 1.29 is 32.2 Å². The summed E-state index contributed by atoms with van der Waals surface area (Å²) in [5.41, 5.74) is -1.16. The van der Waals surface area contributed by atoms with Gasteiger partial charge >= 0.3 is 6.18 Å². The second-order valence-electron chi connectivity index (χ2n) is 6.95. The average Bonchev–Trinajstić information content (AvgIpc) is 3.37.